The van der Waals surface area contributed by atoms with Gasteiger partial charge in [0.1, 0.15) is 11.8 Å². The number of carbonyl (C=O) groups is 1. The van der Waals surface area contributed by atoms with Crippen molar-refractivity contribution < 1.29 is 19.0 Å². The van der Waals surface area contributed by atoms with Crippen molar-refractivity contribution in [2.45, 2.75) is 79.7 Å². The Balaban J connectivity index is 2.95. The van der Waals surface area contributed by atoms with Crippen LogP contribution in [-0.2, 0) is 19.0 Å². The van der Waals surface area contributed by atoms with E-state index in [0.29, 0.717) is 43.7 Å². The largest absolute Gasteiger partial charge is 0.498 e. The van der Waals surface area contributed by atoms with Crippen LogP contribution in [0.1, 0.15) is 73.6 Å². The van der Waals surface area contributed by atoms with Crippen molar-refractivity contribution in [3.8, 4) is 0 Å². The molecule has 0 aliphatic carbocycles. The van der Waals surface area contributed by atoms with Crippen molar-refractivity contribution >= 4 is 11.6 Å². The number of likely N-dealkylation sites (tertiary alicyclic amines) is 1. The zero-order chi connectivity index (χ0) is 32.2. The average molecular weight is 598 g/mol. The molecular formula is C36H59N3O4. The minimum absolute atomic E-state index is 0.129. The van der Waals surface area contributed by atoms with Gasteiger partial charge in [0.05, 0.1) is 37.9 Å². The summed E-state index contributed by atoms with van der Waals surface area (Å²) < 4.78 is 16.8. The van der Waals surface area contributed by atoms with Crippen molar-refractivity contribution in [3.05, 3.63) is 72.9 Å². The number of ether oxygens (including phenoxy) is 3. The molecule has 1 fully saturated rings. The lowest BCUT2D eigenvalue weighted by atomic mass is 9.94. The quantitative estimate of drug-likeness (QED) is 0.0593. The second-order valence-electron chi connectivity index (χ2n) is 11.3. The highest BCUT2D eigenvalue weighted by Crippen LogP contribution is 2.27. The zero-order valence-corrected chi connectivity index (χ0v) is 28.2. The number of rotatable bonds is 21. The van der Waals surface area contributed by atoms with Crippen molar-refractivity contribution in [3.63, 3.8) is 0 Å². The summed E-state index contributed by atoms with van der Waals surface area (Å²) in [6.45, 7) is 29.3. The first-order valence-corrected chi connectivity index (χ1v) is 15.9. The Morgan fingerprint density at radius 3 is 2.23 bits per heavy atom. The van der Waals surface area contributed by atoms with Crippen molar-refractivity contribution in [2.75, 3.05) is 53.1 Å². The van der Waals surface area contributed by atoms with Crippen LogP contribution in [0.15, 0.2) is 77.9 Å². The molecule has 2 atom stereocenters. The van der Waals surface area contributed by atoms with E-state index in [-0.39, 0.29) is 17.9 Å². The molecular weight excluding hydrogens is 538 g/mol. The standard InChI is InChI=1S/C36H59N3O4/c1-11-16-33(18-14-17-28(4)5)39(35(40)22-26-41-10)27-32-20-24-38(25-21-32)23-15-19-34(30(8)42-12-2)36(37-29(6)7)31(9)43-13-3/h14-17,19,32,34,36H,4,8-9,11-13,18,20-27H2,1-3,5-7,10H3/b17-14?,19-15+,33-16+. The fourth-order valence-corrected chi connectivity index (χ4v) is 5.16. The van der Waals surface area contributed by atoms with E-state index < -0.39 is 0 Å². The van der Waals surface area contributed by atoms with E-state index in [4.69, 9.17) is 19.2 Å². The summed E-state index contributed by atoms with van der Waals surface area (Å²) in [6, 6.07) is -0.289. The summed E-state index contributed by atoms with van der Waals surface area (Å²) >= 11 is 0. The molecule has 0 radical (unpaired) electrons. The van der Waals surface area contributed by atoms with Gasteiger partial charge in [-0.05, 0) is 72.9 Å². The summed E-state index contributed by atoms with van der Waals surface area (Å²) in [5.41, 5.74) is 3.03. The molecule has 1 amide bonds. The van der Waals surface area contributed by atoms with Crippen LogP contribution < -0.4 is 0 Å². The van der Waals surface area contributed by atoms with Crippen LogP contribution in [0.2, 0.25) is 0 Å². The number of amides is 1. The van der Waals surface area contributed by atoms with E-state index in [1.54, 1.807) is 7.11 Å². The number of piperidine rings is 1. The van der Waals surface area contributed by atoms with Gasteiger partial charge in [-0.3, -0.25) is 14.7 Å². The molecule has 242 valence electrons. The van der Waals surface area contributed by atoms with Gasteiger partial charge in [0, 0.05) is 38.0 Å². The Bertz CT molecular complexity index is 998. The molecule has 1 aliphatic heterocycles. The summed E-state index contributed by atoms with van der Waals surface area (Å²) in [4.78, 5) is 22.6. The molecule has 1 aliphatic rings. The molecule has 1 saturated heterocycles. The van der Waals surface area contributed by atoms with Gasteiger partial charge < -0.3 is 19.1 Å². The Kier molecular flexibility index (Phi) is 19.3. The molecule has 0 spiro atoms. The van der Waals surface area contributed by atoms with Crippen LogP contribution in [-0.4, -0.2) is 80.6 Å². The Labute approximate surface area is 262 Å². The first-order valence-electron chi connectivity index (χ1n) is 15.9. The van der Waals surface area contributed by atoms with Gasteiger partial charge in [0.25, 0.3) is 0 Å². The number of allylic oxidation sites excluding steroid dienone is 4. The highest BCUT2D eigenvalue weighted by molar-refractivity contribution is 5.79. The third kappa shape index (κ3) is 14.9. The van der Waals surface area contributed by atoms with Gasteiger partial charge >= 0.3 is 0 Å². The summed E-state index contributed by atoms with van der Waals surface area (Å²) in [7, 11) is 1.64. The predicted octanol–water partition coefficient (Wildman–Crippen LogP) is 7.50. The first kappa shape index (κ1) is 38.1. The molecule has 0 N–H and O–H groups in total. The Hall–Kier alpha value is -2.90. The van der Waals surface area contributed by atoms with Gasteiger partial charge in [0.2, 0.25) is 5.91 Å². The lowest BCUT2D eigenvalue weighted by Gasteiger charge is -2.35. The van der Waals surface area contributed by atoms with Gasteiger partial charge in [0.15, 0.2) is 0 Å². The van der Waals surface area contributed by atoms with Crippen molar-refractivity contribution in [2.24, 2.45) is 16.8 Å². The molecule has 7 nitrogen and oxygen atoms in total. The van der Waals surface area contributed by atoms with Crippen LogP contribution in [0, 0.1) is 11.8 Å². The summed E-state index contributed by atoms with van der Waals surface area (Å²) in [5.74, 6) is 1.70. The topological polar surface area (TPSA) is 63.6 Å². The predicted molar refractivity (Wildman–Crippen MR) is 181 cm³/mol. The number of nitrogens with zero attached hydrogens (tertiary/aromatic N) is 3. The molecule has 0 saturated carbocycles. The van der Waals surface area contributed by atoms with Crippen LogP contribution in [0.3, 0.4) is 0 Å². The number of carbonyl (C=O) groups excluding carboxylic acids is 1. The van der Waals surface area contributed by atoms with Gasteiger partial charge in [-0.25, -0.2) is 0 Å². The second kappa shape index (κ2) is 21.7. The van der Waals surface area contributed by atoms with E-state index in [1.165, 1.54) is 0 Å². The number of aliphatic imine (C=N–C) groups is 1. The molecule has 2 unspecified atom stereocenters. The van der Waals surface area contributed by atoms with Crippen LogP contribution in [0.4, 0.5) is 0 Å². The highest BCUT2D eigenvalue weighted by Gasteiger charge is 2.28. The van der Waals surface area contributed by atoms with E-state index in [0.717, 1.165) is 68.8 Å². The normalized spacial score (nSPS) is 16.2. The molecule has 0 aromatic rings. The van der Waals surface area contributed by atoms with Crippen LogP contribution in [0.25, 0.3) is 0 Å². The smallest absolute Gasteiger partial charge is 0.229 e. The third-order valence-corrected chi connectivity index (χ3v) is 7.29. The summed E-state index contributed by atoms with van der Waals surface area (Å²) in [6.07, 6.45) is 14.7. The molecule has 0 aromatic carbocycles. The zero-order valence-electron chi connectivity index (χ0n) is 28.2. The van der Waals surface area contributed by atoms with E-state index in [2.05, 4.69) is 55.9 Å². The van der Waals surface area contributed by atoms with Gasteiger partial charge in [-0.15, -0.1) is 0 Å². The van der Waals surface area contributed by atoms with Gasteiger partial charge in [-0.2, -0.15) is 0 Å². The number of hydrogen-bond acceptors (Lipinski definition) is 6. The van der Waals surface area contributed by atoms with Crippen molar-refractivity contribution in [1.29, 1.82) is 0 Å². The lowest BCUT2D eigenvalue weighted by molar-refractivity contribution is -0.131. The molecule has 0 aromatic heterocycles. The monoisotopic (exact) mass is 597 g/mol. The Morgan fingerprint density at radius 1 is 1.02 bits per heavy atom. The van der Waals surface area contributed by atoms with E-state index in [1.807, 2.05) is 45.6 Å². The maximum Gasteiger partial charge on any atom is 0.229 e. The maximum atomic E-state index is 13.3. The molecule has 43 heavy (non-hydrogen) atoms. The first-order chi connectivity index (χ1) is 20.6. The van der Waals surface area contributed by atoms with Crippen molar-refractivity contribution in [1.82, 2.24) is 9.80 Å². The van der Waals surface area contributed by atoms with Gasteiger partial charge in [-0.1, -0.05) is 62.6 Å². The fraction of sp³-hybridized carbons (Fsp3) is 0.611. The minimum atomic E-state index is -0.289. The third-order valence-electron chi connectivity index (χ3n) is 7.29. The molecule has 7 heteroatoms. The highest BCUT2D eigenvalue weighted by atomic mass is 16.5. The summed E-state index contributed by atoms with van der Waals surface area (Å²) in [5, 5.41) is 0. The van der Waals surface area contributed by atoms with E-state index in [9.17, 15) is 4.79 Å². The fourth-order valence-electron chi connectivity index (χ4n) is 5.16. The Morgan fingerprint density at radius 2 is 1.67 bits per heavy atom. The van der Waals surface area contributed by atoms with E-state index >= 15 is 0 Å². The second-order valence-corrected chi connectivity index (χ2v) is 11.3. The molecule has 1 rings (SSSR count). The molecule has 1 heterocycles. The maximum absolute atomic E-state index is 13.3. The number of hydrogen-bond donors (Lipinski definition) is 0. The number of methoxy groups -OCH3 is 1. The SMILES string of the molecule is C=C(C)C=CC/C(=C\CC)N(CC1CCN(C/C=C/C(C(=C)OCC)C(N=C(C)C)C(=C)OCC)CC1)C(=O)CCOC. The minimum Gasteiger partial charge on any atom is -0.498 e. The van der Waals surface area contributed by atoms with Crippen LogP contribution >= 0.6 is 0 Å². The van der Waals surface area contributed by atoms with Crippen LogP contribution in [0.5, 0.6) is 0 Å². The lowest BCUT2D eigenvalue weighted by Crippen LogP contribution is -2.41. The average Bonchev–Trinajstić information content (AvgIpc) is 2.96. The molecule has 0 bridgehead atoms.